The predicted octanol–water partition coefficient (Wildman–Crippen LogP) is 5.63. The zero-order chi connectivity index (χ0) is 22.7. The van der Waals surface area contributed by atoms with E-state index in [1.807, 2.05) is 0 Å². The van der Waals surface area contributed by atoms with Crippen LogP contribution in [0.5, 0.6) is 0 Å². The number of ether oxygens (including phenoxy) is 5. The molecule has 0 aromatic heterocycles. The fourth-order valence-electron chi connectivity index (χ4n) is 4.07. The zero-order valence-electron chi connectivity index (χ0n) is 21.2. The van der Waals surface area contributed by atoms with Crippen molar-refractivity contribution in [1.82, 2.24) is 0 Å². The highest BCUT2D eigenvalue weighted by Crippen LogP contribution is 2.29. The second-order valence-corrected chi connectivity index (χ2v) is 8.70. The number of halogens is 1. The van der Waals surface area contributed by atoms with Gasteiger partial charge in [0, 0.05) is 33.5 Å². The van der Waals surface area contributed by atoms with Crippen molar-refractivity contribution in [3.8, 4) is 0 Å². The Bertz CT molecular complexity index is 377. The fraction of sp³-hybridized carbons (Fsp3) is 1.00. The number of unbranched alkanes of at least 4 members (excludes halogenated alkanes) is 9. The van der Waals surface area contributed by atoms with Crippen molar-refractivity contribution in [2.24, 2.45) is 5.73 Å². The van der Waals surface area contributed by atoms with E-state index in [1.165, 1.54) is 57.8 Å². The van der Waals surface area contributed by atoms with Crippen LogP contribution < -0.4 is 5.73 Å². The van der Waals surface area contributed by atoms with Crippen molar-refractivity contribution in [3.05, 3.63) is 0 Å². The number of rotatable bonds is 20. The standard InChI is InChI=1S/C25H51NO5.ClH/c1-5-8-11-14-17-28-22-21(20-26)31-25(27-4)24(30-19-16-13-10-7-3)23(22)29-18-15-12-9-6-2;/h21-25H,5-20,26H2,1-4H3;1H/t21-,22-,23+,24-,25+;/m1./s1. The van der Waals surface area contributed by atoms with E-state index in [9.17, 15) is 0 Å². The molecule has 0 radical (unpaired) electrons. The van der Waals surface area contributed by atoms with Gasteiger partial charge in [-0.15, -0.1) is 12.4 Å². The number of nitrogens with two attached hydrogens (primary N) is 1. The quantitative estimate of drug-likeness (QED) is 0.227. The molecule has 0 amide bonds. The number of methoxy groups -OCH3 is 1. The van der Waals surface area contributed by atoms with E-state index in [1.54, 1.807) is 7.11 Å². The largest absolute Gasteiger partial charge is 0.373 e. The summed E-state index contributed by atoms with van der Waals surface area (Å²) in [5.41, 5.74) is 6.06. The summed E-state index contributed by atoms with van der Waals surface area (Å²) >= 11 is 0. The molecule has 1 rings (SSSR count). The average Bonchev–Trinajstić information content (AvgIpc) is 2.79. The summed E-state index contributed by atoms with van der Waals surface area (Å²) in [5.74, 6) is 0. The van der Waals surface area contributed by atoms with Crippen LogP contribution in [0, 0.1) is 0 Å². The summed E-state index contributed by atoms with van der Waals surface area (Å²) in [6.07, 6.45) is 12.5. The van der Waals surface area contributed by atoms with Crippen LogP contribution in [-0.4, -0.2) is 64.2 Å². The van der Waals surface area contributed by atoms with E-state index >= 15 is 0 Å². The van der Waals surface area contributed by atoms with Crippen LogP contribution in [0.2, 0.25) is 0 Å². The van der Waals surface area contributed by atoms with Gasteiger partial charge in [0.15, 0.2) is 6.29 Å². The van der Waals surface area contributed by atoms with Gasteiger partial charge in [-0.25, -0.2) is 0 Å². The van der Waals surface area contributed by atoms with Crippen LogP contribution in [0.4, 0.5) is 0 Å². The molecule has 1 aliphatic rings. The lowest BCUT2D eigenvalue weighted by Gasteiger charge is -2.45. The SMILES string of the molecule is CCCCCCO[C@@H]1[C@@H](OCCCCCC)[C@@H](OC)O[C@H](CN)[C@H]1OCCCCCC.Cl. The maximum atomic E-state index is 6.41. The lowest BCUT2D eigenvalue weighted by atomic mass is 9.97. The second kappa shape index (κ2) is 21.6. The van der Waals surface area contributed by atoms with Gasteiger partial charge in [0.2, 0.25) is 0 Å². The molecule has 5 atom stereocenters. The smallest absolute Gasteiger partial charge is 0.186 e. The average molecular weight is 482 g/mol. The normalized spacial score (nSPS) is 25.6. The first-order chi connectivity index (χ1) is 15.2. The van der Waals surface area contributed by atoms with Gasteiger partial charge in [-0.3, -0.25) is 0 Å². The molecule has 1 fully saturated rings. The second-order valence-electron chi connectivity index (χ2n) is 8.70. The van der Waals surface area contributed by atoms with Crippen molar-refractivity contribution in [3.63, 3.8) is 0 Å². The summed E-state index contributed by atoms with van der Waals surface area (Å²) in [6, 6.07) is 0. The van der Waals surface area contributed by atoms with E-state index in [0.29, 0.717) is 26.4 Å². The molecule has 6 nitrogen and oxygen atoms in total. The lowest BCUT2D eigenvalue weighted by molar-refractivity contribution is -0.311. The van der Waals surface area contributed by atoms with Crippen LogP contribution >= 0.6 is 12.4 Å². The van der Waals surface area contributed by atoms with E-state index in [2.05, 4.69) is 20.8 Å². The summed E-state index contributed by atoms with van der Waals surface area (Å²) in [5, 5.41) is 0. The Labute approximate surface area is 204 Å². The summed E-state index contributed by atoms with van der Waals surface area (Å²) in [4.78, 5) is 0. The highest BCUT2D eigenvalue weighted by molar-refractivity contribution is 5.85. The summed E-state index contributed by atoms with van der Waals surface area (Å²) in [6.45, 7) is 9.10. The van der Waals surface area contributed by atoms with Crippen LogP contribution in [0.3, 0.4) is 0 Å². The molecular weight excluding hydrogens is 430 g/mol. The van der Waals surface area contributed by atoms with Crippen molar-refractivity contribution < 1.29 is 23.7 Å². The van der Waals surface area contributed by atoms with Gasteiger partial charge < -0.3 is 29.4 Å². The van der Waals surface area contributed by atoms with Gasteiger partial charge in [-0.1, -0.05) is 78.6 Å². The minimum Gasteiger partial charge on any atom is -0.373 e. The van der Waals surface area contributed by atoms with Crippen molar-refractivity contribution in [2.45, 2.75) is 129 Å². The Morgan fingerprint density at radius 3 is 1.47 bits per heavy atom. The number of hydrogen-bond acceptors (Lipinski definition) is 6. The Hall–Kier alpha value is 0.0500. The predicted molar refractivity (Wildman–Crippen MR) is 134 cm³/mol. The van der Waals surface area contributed by atoms with E-state index in [4.69, 9.17) is 29.4 Å². The fourth-order valence-corrected chi connectivity index (χ4v) is 4.07. The third-order valence-corrected chi connectivity index (χ3v) is 5.98. The molecule has 0 spiro atoms. The molecule has 0 aromatic carbocycles. The van der Waals surface area contributed by atoms with Crippen LogP contribution in [-0.2, 0) is 23.7 Å². The molecule has 194 valence electrons. The minimum absolute atomic E-state index is 0. The maximum absolute atomic E-state index is 6.41. The van der Waals surface area contributed by atoms with Gasteiger partial charge in [0.05, 0.1) is 0 Å². The molecule has 1 saturated heterocycles. The number of hydrogen-bond donors (Lipinski definition) is 1. The molecule has 0 aliphatic carbocycles. The van der Waals surface area contributed by atoms with E-state index in [-0.39, 0.29) is 36.8 Å². The molecular formula is C25H52ClNO5. The first-order valence-corrected chi connectivity index (χ1v) is 13.0. The van der Waals surface area contributed by atoms with Gasteiger partial charge >= 0.3 is 0 Å². The van der Waals surface area contributed by atoms with Crippen molar-refractivity contribution in [1.29, 1.82) is 0 Å². The van der Waals surface area contributed by atoms with E-state index < -0.39 is 6.29 Å². The molecule has 0 saturated carbocycles. The van der Waals surface area contributed by atoms with E-state index in [0.717, 1.165) is 19.3 Å². The third kappa shape index (κ3) is 12.5. The molecule has 0 bridgehead atoms. The molecule has 32 heavy (non-hydrogen) atoms. The van der Waals surface area contributed by atoms with Gasteiger partial charge in [0.25, 0.3) is 0 Å². The maximum Gasteiger partial charge on any atom is 0.186 e. The van der Waals surface area contributed by atoms with Crippen LogP contribution in [0.25, 0.3) is 0 Å². The molecule has 1 aliphatic heterocycles. The summed E-state index contributed by atoms with van der Waals surface area (Å²) < 4.78 is 30.9. The first-order valence-electron chi connectivity index (χ1n) is 13.0. The van der Waals surface area contributed by atoms with Crippen molar-refractivity contribution >= 4 is 12.4 Å². The Morgan fingerprint density at radius 1 is 0.625 bits per heavy atom. The van der Waals surface area contributed by atoms with Gasteiger partial charge in [-0.2, -0.15) is 0 Å². The third-order valence-electron chi connectivity index (χ3n) is 5.98. The van der Waals surface area contributed by atoms with Gasteiger partial charge in [0.1, 0.15) is 24.4 Å². The Kier molecular flexibility index (Phi) is 21.6. The Morgan fingerprint density at radius 2 is 1.06 bits per heavy atom. The van der Waals surface area contributed by atoms with Gasteiger partial charge in [-0.05, 0) is 19.3 Å². The first kappa shape index (κ1) is 32.0. The minimum atomic E-state index is -0.486. The van der Waals surface area contributed by atoms with Crippen LogP contribution in [0.1, 0.15) is 97.8 Å². The molecule has 0 aromatic rings. The Balaban J connectivity index is 0.00000961. The lowest BCUT2D eigenvalue weighted by Crippen LogP contribution is -2.62. The molecule has 1 heterocycles. The molecule has 7 heteroatoms. The topological polar surface area (TPSA) is 72.2 Å². The summed E-state index contributed by atoms with van der Waals surface area (Å²) in [7, 11) is 1.66. The monoisotopic (exact) mass is 481 g/mol. The highest BCUT2D eigenvalue weighted by atomic mass is 35.5. The van der Waals surface area contributed by atoms with Crippen molar-refractivity contribution in [2.75, 3.05) is 33.5 Å². The van der Waals surface area contributed by atoms with Crippen LogP contribution in [0.15, 0.2) is 0 Å². The molecule has 2 N–H and O–H groups in total. The zero-order valence-corrected chi connectivity index (χ0v) is 22.0. The molecule has 0 unspecified atom stereocenters. The highest BCUT2D eigenvalue weighted by Gasteiger charge is 2.47.